The monoisotopic (exact) mass is 295 g/mol. The van der Waals surface area contributed by atoms with Gasteiger partial charge in [-0.3, -0.25) is 0 Å². The summed E-state index contributed by atoms with van der Waals surface area (Å²) in [6.07, 6.45) is 0. The Bertz CT molecular complexity index is 569. The van der Waals surface area contributed by atoms with Crippen molar-refractivity contribution in [3.63, 3.8) is 0 Å². The highest BCUT2D eigenvalue weighted by atomic mass is 35.5. The molecule has 0 fully saturated rings. The van der Waals surface area contributed by atoms with Crippen molar-refractivity contribution in [1.82, 2.24) is 5.32 Å². The molecule has 0 atom stereocenters. The van der Waals surface area contributed by atoms with Crippen molar-refractivity contribution in [2.24, 2.45) is 0 Å². The molecule has 0 spiro atoms. The van der Waals surface area contributed by atoms with E-state index in [2.05, 4.69) is 5.32 Å². The third-order valence-corrected chi connectivity index (χ3v) is 3.47. The predicted molar refractivity (Wildman–Crippen MR) is 81.4 cm³/mol. The van der Waals surface area contributed by atoms with Gasteiger partial charge in [0, 0.05) is 22.2 Å². The van der Waals surface area contributed by atoms with Gasteiger partial charge in [0.1, 0.15) is 4.99 Å². The Morgan fingerprint density at radius 3 is 2.56 bits per heavy atom. The van der Waals surface area contributed by atoms with Crippen LogP contribution in [0.25, 0.3) is 0 Å². The number of benzene rings is 2. The van der Waals surface area contributed by atoms with Crippen LogP contribution >= 0.6 is 35.4 Å². The molecule has 92 valence electrons. The largest absolute Gasteiger partial charge is 0.372 e. The summed E-state index contributed by atoms with van der Waals surface area (Å²) in [6, 6.07) is 15.1. The van der Waals surface area contributed by atoms with E-state index in [4.69, 9.17) is 35.4 Å². The number of rotatable bonds is 3. The molecule has 0 saturated heterocycles. The summed E-state index contributed by atoms with van der Waals surface area (Å²) in [6.45, 7) is 0.602. The summed E-state index contributed by atoms with van der Waals surface area (Å²) in [4.78, 5) is 0.664. The van der Waals surface area contributed by atoms with Gasteiger partial charge in [0.2, 0.25) is 0 Å². The Labute approximate surface area is 122 Å². The van der Waals surface area contributed by atoms with Crippen LogP contribution in [0.15, 0.2) is 48.5 Å². The predicted octanol–water partition coefficient (Wildman–Crippen LogP) is 4.46. The van der Waals surface area contributed by atoms with E-state index in [1.807, 2.05) is 48.5 Å². The molecule has 4 heteroatoms. The average Bonchev–Trinajstić information content (AvgIpc) is 2.37. The number of nitrogens with one attached hydrogen (secondary N) is 1. The van der Waals surface area contributed by atoms with Crippen molar-refractivity contribution in [2.45, 2.75) is 6.54 Å². The topological polar surface area (TPSA) is 12.0 Å². The Morgan fingerprint density at radius 1 is 1.06 bits per heavy atom. The Kier molecular flexibility index (Phi) is 4.59. The zero-order valence-corrected chi connectivity index (χ0v) is 11.8. The standard InChI is InChI=1S/C14H11Cl2NS/c15-12-6-3-5-10(8-12)14(18)17-9-11-4-1-2-7-13(11)16/h1-8H,9H2,(H,17,18). The van der Waals surface area contributed by atoms with Gasteiger partial charge in [-0.25, -0.2) is 0 Å². The first kappa shape index (κ1) is 13.3. The number of thiocarbonyl (C=S) groups is 1. The lowest BCUT2D eigenvalue weighted by Crippen LogP contribution is -2.21. The van der Waals surface area contributed by atoms with Gasteiger partial charge in [-0.15, -0.1) is 0 Å². The second kappa shape index (κ2) is 6.19. The van der Waals surface area contributed by atoms with Crippen LogP contribution in [-0.2, 0) is 6.54 Å². The maximum absolute atomic E-state index is 6.07. The van der Waals surface area contributed by atoms with Crippen molar-refractivity contribution in [1.29, 1.82) is 0 Å². The average molecular weight is 296 g/mol. The van der Waals surface area contributed by atoms with Crippen LogP contribution in [0.2, 0.25) is 10.0 Å². The molecular weight excluding hydrogens is 285 g/mol. The first-order valence-electron chi connectivity index (χ1n) is 5.44. The zero-order valence-electron chi connectivity index (χ0n) is 9.49. The molecule has 0 saturated carbocycles. The van der Waals surface area contributed by atoms with Crippen molar-refractivity contribution in [3.05, 3.63) is 69.7 Å². The summed E-state index contributed by atoms with van der Waals surface area (Å²) in [5, 5.41) is 4.58. The van der Waals surface area contributed by atoms with Crippen LogP contribution in [0.1, 0.15) is 11.1 Å². The summed E-state index contributed by atoms with van der Waals surface area (Å²) in [5.41, 5.74) is 1.92. The molecule has 0 aliphatic heterocycles. The molecular formula is C14H11Cl2NS. The van der Waals surface area contributed by atoms with Gasteiger partial charge in [-0.05, 0) is 23.8 Å². The first-order chi connectivity index (χ1) is 8.66. The van der Waals surface area contributed by atoms with Gasteiger partial charge >= 0.3 is 0 Å². The number of hydrogen-bond donors (Lipinski definition) is 1. The molecule has 2 rings (SSSR count). The molecule has 0 unspecified atom stereocenters. The molecule has 0 bridgehead atoms. The highest BCUT2D eigenvalue weighted by Crippen LogP contribution is 2.15. The van der Waals surface area contributed by atoms with E-state index in [0.717, 1.165) is 16.1 Å². The van der Waals surface area contributed by atoms with Gasteiger partial charge in [0.05, 0.1) is 0 Å². The molecule has 1 N–H and O–H groups in total. The lowest BCUT2D eigenvalue weighted by Gasteiger charge is -2.09. The molecule has 0 aromatic heterocycles. The highest BCUT2D eigenvalue weighted by molar-refractivity contribution is 7.80. The molecule has 2 aromatic rings. The van der Waals surface area contributed by atoms with E-state index in [1.54, 1.807) is 0 Å². The molecule has 0 amide bonds. The summed E-state index contributed by atoms with van der Waals surface area (Å²) >= 11 is 17.3. The van der Waals surface area contributed by atoms with Gasteiger partial charge in [0.15, 0.2) is 0 Å². The van der Waals surface area contributed by atoms with Crippen LogP contribution in [0.5, 0.6) is 0 Å². The van der Waals surface area contributed by atoms with Crippen LogP contribution < -0.4 is 5.32 Å². The Morgan fingerprint density at radius 2 is 1.83 bits per heavy atom. The van der Waals surface area contributed by atoms with Gasteiger partial charge < -0.3 is 5.32 Å². The fourth-order valence-corrected chi connectivity index (χ4v) is 2.14. The highest BCUT2D eigenvalue weighted by Gasteiger charge is 2.03. The maximum atomic E-state index is 6.07. The minimum absolute atomic E-state index is 0.602. The summed E-state index contributed by atoms with van der Waals surface area (Å²) in [7, 11) is 0. The fraction of sp³-hybridized carbons (Fsp3) is 0.0714. The van der Waals surface area contributed by atoms with Crippen LogP contribution in [0.4, 0.5) is 0 Å². The quantitative estimate of drug-likeness (QED) is 0.839. The normalized spacial score (nSPS) is 10.1. The first-order valence-corrected chi connectivity index (χ1v) is 6.60. The third kappa shape index (κ3) is 3.45. The second-order valence-electron chi connectivity index (χ2n) is 3.78. The molecule has 2 aromatic carbocycles. The minimum atomic E-state index is 0.602. The fourth-order valence-electron chi connectivity index (χ4n) is 1.55. The molecule has 0 aliphatic carbocycles. The minimum Gasteiger partial charge on any atom is -0.372 e. The van der Waals surface area contributed by atoms with E-state index in [9.17, 15) is 0 Å². The molecule has 0 heterocycles. The van der Waals surface area contributed by atoms with Gasteiger partial charge in [-0.1, -0.05) is 65.8 Å². The van der Waals surface area contributed by atoms with Crippen LogP contribution in [0, 0.1) is 0 Å². The van der Waals surface area contributed by atoms with Crippen LogP contribution in [-0.4, -0.2) is 4.99 Å². The molecule has 0 aliphatic rings. The zero-order chi connectivity index (χ0) is 13.0. The van der Waals surface area contributed by atoms with Crippen molar-refractivity contribution in [3.8, 4) is 0 Å². The lowest BCUT2D eigenvalue weighted by atomic mass is 10.2. The van der Waals surface area contributed by atoms with Crippen molar-refractivity contribution in [2.75, 3.05) is 0 Å². The van der Waals surface area contributed by atoms with Crippen molar-refractivity contribution < 1.29 is 0 Å². The molecule has 0 radical (unpaired) electrons. The summed E-state index contributed by atoms with van der Waals surface area (Å²) in [5.74, 6) is 0. The van der Waals surface area contributed by atoms with Gasteiger partial charge in [-0.2, -0.15) is 0 Å². The smallest absolute Gasteiger partial charge is 0.106 e. The maximum Gasteiger partial charge on any atom is 0.106 e. The molecule has 1 nitrogen and oxygen atoms in total. The van der Waals surface area contributed by atoms with E-state index in [0.29, 0.717) is 16.6 Å². The molecule has 18 heavy (non-hydrogen) atoms. The van der Waals surface area contributed by atoms with Gasteiger partial charge in [0.25, 0.3) is 0 Å². The van der Waals surface area contributed by atoms with E-state index >= 15 is 0 Å². The Balaban J connectivity index is 2.03. The summed E-state index contributed by atoms with van der Waals surface area (Å²) < 4.78 is 0. The van der Waals surface area contributed by atoms with Crippen molar-refractivity contribution >= 4 is 40.4 Å². The number of halogens is 2. The SMILES string of the molecule is S=C(NCc1ccccc1Cl)c1cccc(Cl)c1. The second-order valence-corrected chi connectivity index (χ2v) is 5.04. The van der Waals surface area contributed by atoms with Crippen LogP contribution in [0.3, 0.4) is 0 Å². The number of hydrogen-bond acceptors (Lipinski definition) is 1. The lowest BCUT2D eigenvalue weighted by molar-refractivity contribution is 0.929. The van der Waals surface area contributed by atoms with E-state index in [-0.39, 0.29) is 0 Å². The van der Waals surface area contributed by atoms with E-state index in [1.165, 1.54) is 0 Å². The Hall–Kier alpha value is -1.09. The van der Waals surface area contributed by atoms with E-state index < -0.39 is 0 Å². The third-order valence-electron chi connectivity index (χ3n) is 2.48.